The van der Waals surface area contributed by atoms with E-state index < -0.39 is 11.9 Å². The summed E-state index contributed by atoms with van der Waals surface area (Å²) >= 11 is 1.42. The molecule has 0 amide bonds. The molecule has 0 aliphatic heterocycles. The van der Waals surface area contributed by atoms with Crippen LogP contribution in [0.3, 0.4) is 0 Å². The summed E-state index contributed by atoms with van der Waals surface area (Å²) in [6, 6.07) is 5.57. The third kappa shape index (κ3) is 2.88. The molecule has 2 rings (SSSR count). The van der Waals surface area contributed by atoms with E-state index in [2.05, 4.69) is 4.98 Å². The largest absolute Gasteiger partial charge is 0.481 e. The maximum atomic E-state index is 12.8. The highest BCUT2D eigenvalue weighted by molar-refractivity contribution is 7.09. The van der Waals surface area contributed by atoms with E-state index in [9.17, 15) is 14.3 Å². The van der Waals surface area contributed by atoms with E-state index in [1.165, 1.54) is 35.6 Å². The summed E-state index contributed by atoms with van der Waals surface area (Å²) in [4.78, 5) is 16.0. The molecule has 1 aromatic carbocycles. The Morgan fingerprint density at radius 1 is 1.41 bits per heavy atom. The normalized spacial score (nSPS) is 12.3. The van der Waals surface area contributed by atoms with Crippen molar-refractivity contribution in [2.24, 2.45) is 0 Å². The Kier molecular flexibility index (Phi) is 3.49. The van der Waals surface area contributed by atoms with Crippen LogP contribution in [0.25, 0.3) is 0 Å². The smallest absolute Gasteiger partial charge is 0.311 e. The van der Waals surface area contributed by atoms with Crippen molar-refractivity contribution in [1.82, 2.24) is 4.98 Å². The number of hydrogen-bond donors (Lipinski definition) is 1. The molecule has 1 heterocycles. The molecule has 1 N–H and O–H groups in total. The molecule has 0 saturated carbocycles. The van der Waals surface area contributed by atoms with Crippen molar-refractivity contribution in [3.8, 4) is 0 Å². The number of carbonyl (C=O) groups is 1. The fourth-order valence-corrected chi connectivity index (χ4v) is 2.23. The van der Waals surface area contributed by atoms with Gasteiger partial charge >= 0.3 is 5.97 Å². The monoisotopic (exact) mass is 251 g/mol. The predicted molar refractivity (Wildman–Crippen MR) is 62.6 cm³/mol. The highest BCUT2D eigenvalue weighted by Gasteiger charge is 2.20. The molecule has 0 aliphatic rings. The van der Waals surface area contributed by atoms with E-state index in [1.54, 1.807) is 11.7 Å². The molecule has 88 valence electrons. The molecule has 0 spiro atoms. The second-order valence-corrected chi connectivity index (χ2v) is 4.59. The summed E-state index contributed by atoms with van der Waals surface area (Å²) in [5, 5.41) is 9.19. The molecular weight excluding hydrogens is 241 g/mol. The summed E-state index contributed by atoms with van der Waals surface area (Å²) in [5.74, 6) is -1.93. The van der Waals surface area contributed by atoms with Gasteiger partial charge in [0.15, 0.2) is 0 Å². The van der Waals surface area contributed by atoms with E-state index in [1.807, 2.05) is 0 Å². The van der Waals surface area contributed by atoms with E-state index in [-0.39, 0.29) is 5.82 Å². The van der Waals surface area contributed by atoms with Gasteiger partial charge < -0.3 is 5.11 Å². The van der Waals surface area contributed by atoms with Crippen molar-refractivity contribution >= 4 is 17.3 Å². The van der Waals surface area contributed by atoms with Crippen molar-refractivity contribution < 1.29 is 14.3 Å². The van der Waals surface area contributed by atoms with Crippen LogP contribution in [-0.2, 0) is 11.2 Å². The number of nitrogens with zero attached hydrogens (tertiary/aromatic N) is 1. The number of halogens is 1. The fourth-order valence-electron chi connectivity index (χ4n) is 1.59. The molecule has 1 aromatic heterocycles. The number of carboxylic acids is 1. The molecule has 5 heteroatoms. The first kappa shape index (κ1) is 11.7. The van der Waals surface area contributed by atoms with Crippen LogP contribution in [0.1, 0.15) is 16.4 Å². The summed E-state index contributed by atoms with van der Waals surface area (Å²) in [7, 11) is 0. The Morgan fingerprint density at radius 2 is 2.12 bits per heavy atom. The van der Waals surface area contributed by atoms with Crippen molar-refractivity contribution in [3.63, 3.8) is 0 Å². The number of carboxylic acid groups (broad SMARTS) is 1. The maximum Gasteiger partial charge on any atom is 0.311 e. The Labute approximate surface area is 102 Å². The summed E-state index contributed by atoms with van der Waals surface area (Å²) in [6.45, 7) is 0. The second kappa shape index (κ2) is 5.05. The molecule has 0 fully saturated rings. The third-order valence-corrected chi connectivity index (χ3v) is 3.26. The standard InChI is InChI=1S/C12H10FNO2S/c13-9-3-1-8(2-4-9)11(12(15)16)5-10-6-14-7-17-10/h1-4,6-7,11H,5H2,(H,15,16). The van der Waals surface area contributed by atoms with Gasteiger partial charge in [0.2, 0.25) is 0 Å². The zero-order valence-corrected chi connectivity index (χ0v) is 9.65. The molecule has 1 unspecified atom stereocenters. The van der Waals surface area contributed by atoms with Crippen LogP contribution in [0.5, 0.6) is 0 Å². The SMILES string of the molecule is O=C(O)C(Cc1cncs1)c1ccc(F)cc1. The van der Waals surface area contributed by atoms with Crippen molar-refractivity contribution in [1.29, 1.82) is 0 Å². The minimum absolute atomic E-state index is 0.365. The van der Waals surface area contributed by atoms with Crippen LogP contribution in [0.4, 0.5) is 4.39 Å². The molecule has 3 nitrogen and oxygen atoms in total. The van der Waals surface area contributed by atoms with Gasteiger partial charge in [-0.15, -0.1) is 11.3 Å². The first-order valence-electron chi connectivity index (χ1n) is 5.02. The number of rotatable bonds is 4. The van der Waals surface area contributed by atoms with Crippen molar-refractivity contribution in [2.75, 3.05) is 0 Å². The van der Waals surface area contributed by atoms with Gasteiger partial charge in [-0.25, -0.2) is 4.39 Å². The van der Waals surface area contributed by atoms with Crippen LogP contribution < -0.4 is 0 Å². The molecule has 17 heavy (non-hydrogen) atoms. The van der Waals surface area contributed by atoms with Crippen molar-refractivity contribution in [2.45, 2.75) is 12.3 Å². The first-order chi connectivity index (χ1) is 8.16. The third-order valence-electron chi connectivity index (χ3n) is 2.46. The number of benzene rings is 1. The molecule has 1 atom stereocenters. The van der Waals surface area contributed by atoms with Crippen LogP contribution in [0.15, 0.2) is 36.0 Å². The minimum atomic E-state index is -0.912. The van der Waals surface area contributed by atoms with E-state index in [0.29, 0.717) is 12.0 Å². The zero-order valence-electron chi connectivity index (χ0n) is 8.84. The molecule has 0 aliphatic carbocycles. The first-order valence-corrected chi connectivity index (χ1v) is 5.90. The second-order valence-electron chi connectivity index (χ2n) is 3.61. The lowest BCUT2D eigenvalue weighted by atomic mass is 9.95. The van der Waals surface area contributed by atoms with Crippen molar-refractivity contribution in [3.05, 3.63) is 52.2 Å². The lowest BCUT2D eigenvalue weighted by molar-refractivity contribution is -0.138. The summed E-state index contributed by atoms with van der Waals surface area (Å²) < 4.78 is 12.8. The van der Waals surface area contributed by atoms with E-state index in [4.69, 9.17) is 0 Å². The molecule has 0 bridgehead atoms. The minimum Gasteiger partial charge on any atom is -0.481 e. The van der Waals surface area contributed by atoms with Gasteiger partial charge in [0, 0.05) is 17.5 Å². The quantitative estimate of drug-likeness (QED) is 0.908. The number of aromatic nitrogens is 1. The summed E-state index contributed by atoms with van der Waals surface area (Å²) in [6.07, 6.45) is 2.04. The van der Waals surface area contributed by atoms with Gasteiger partial charge in [0.25, 0.3) is 0 Å². The molecular formula is C12H10FNO2S. The highest BCUT2D eigenvalue weighted by atomic mass is 32.1. The van der Waals surface area contributed by atoms with Gasteiger partial charge in [-0.05, 0) is 17.7 Å². The Morgan fingerprint density at radius 3 is 2.65 bits per heavy atom. The average Bonchev–Trinajstić information content (AvgIpc) is 2.80. The maximum absolute atomic E-state index is 12.8. The lowest BCUT2D eigenvalue weighted by Crippen LogP contribution is -2.13. The summed E-state index contributed by atoms with van der Waals surface area (Å²) in [5.41, 5.74) is 2.27. The van der Waals surface area contributed by atoms with E-state index >= 15 is 0 Å². The van der Waals surface area contributed by atoms with Crippen LogP contribution >= 0.6 is 11.3 Å². The highest BCUT2D eigenvalue weighted by Crippen LogP contribution is 2.23. The Bertz CT molecular complexity index is 496. The van der Waals surface area contributed by atoms with Gasteiger partial charge in [0.05, 0.1) is 11.4 Å². The zero-order chi connectivity index (χ0) is 12.3. The van der Waals surface area contributed by atoms with Gasteiger partial charge in [-0.3, -0.25) is 9.78 Å². The Hall–Kier alpha value is -1.75. The fraction of sp³-hybridized carbons (Fsp3) is 0.167. The molecule has 0 radical (unpaired) electrons. The number of thiazole rings is 1. The van der Waals surface area contributed by atoms with Crippen LogP contribution in [0, 0.1) is 5.82 Å². The van der Waals surface area contributed by atoms with Gasteiger partial charge in [0.1, 0.15) is 5.82 Å². The number of aliphatic carboxylic acids is 1. The van der Waals surface area contributed by atoms with Crippen LogP contribution in [-0.4, -0.2) is 16.1 Å². The number of hydrogen-bond acceptors (Lipinski definition) is 3. The average molecular weight is 251 g/mol. The lowest BCUT2D eigenvalue weighted by Gasteiger charge is -2.11. The van der Waals surface area contributed by atoms with Crippen LogP contribution in [0.2, 0.25) is 0 Å². The predicted octanol–water partition coefficient (Wildman–Crippen LogP) is 2.69. The van der Waals surface area contributed by atoms with Gasteiger partial charge in [-0.2, -0.15) is 0 Å². The topological polar surface area (TPSA) is 50.2 Å². The molecule has 0 saturated heterocycles. The molecule has 2 aromatic rings. The van der Waals surface area contributed by atoms with E-state index in [0.717, 1.165) is 4.88 Å². The Balaban J connectivity index is 2.23. The van der Waals surface area contributed by atoms with Gasteiger partial charge in [-0.1, -0.05) is 12.1 Å².